The summed E-state index contributed by atoms with van der Waals surface area (Å²) in [5.74, 6) is 6.05. The molecule has 0 bridgehead atoms. The van der Waals surface area contributed by atoms with Gasteiger partial charge in [-0.15, -0.1) is 0 Å². The lowest BCUT2D eigenvalue weighted by Gasteiger charge is -2.38. The number of hydrazone groups is 3. The van der Waals surface area contributed by atoms with Crippen LogP contribution in [-0.4, -0.2) is 73.2 Å². The Bertz CT molecular complexity index is 2310. The number of nitrogen functional groups attached to an aromatic ring is 1. The highest BCUT2D eigenvalue weighted by Gasteiger charge is 2.38. The van der Waals surface area contributed by atoms with Crippen molar-refractivity contribution in [3.63, 3.8) is 0 Å². The van der Waals surface area contributed by atoms with E-state index < -0.39 is 0 Å². The molecule has 0 aromatic heterocycles. The molecular formula is C46H56N10O6. The first-order valence-corrected chi connectivity index (χ1v) is 21.9. The molecule has 16 heteroatoms. The summed E-state index contributed by atoms with van der Waals surface area (Å²) < 4.78 is 17.3. The van der Waals surface area contributed by atoms with Gasteiger partial charge >= 0.3 is 0 Å². The summed E-state index contributed by atoms with van der Waals surface area (Å²) in [7, 11) is 0. The Morgan fingerprint density at radius 1 is 0.548 bits per heavy atom. The van der Waals surface area contributed by atoms with Gasteiger partial charge in [0.25, 0.3) is 17.7 Å². The van der Waals surface area contributed by atoms with Crippen molar-refractivity contribution in [1.82, 2.24) is 16.3 Å². The predicted octanol–water partition coefficient (Wildman–Crippen LogP) is 5.34. The molecule has 3 aromatic carbocycles. The van der Waals surface area contributed by atoms with Gasteiger partial charge < -0.3 is 34.6 Å². The molecular weight excluding hydrogens is 789 g/mol. The molecule has 6 heterocycles. The summed E-state index contributed by atoms with van der Waals surface area (Å²) in [6, 6.07) is 11.5. The van der Waals surface area contributed by atoms with E-state index in [0.29, 0.717) is 31.3 Å². The highest BCUT2D eigenvalue weighted by molar-refractivity contribution is 6.11. The van der Waals surface area contributed by atoms with Gasteiger partial charge in [-0.1, -0.05) is 38.5 Å². The molecule has 11 rings (SSSR count). The second-order valence-corrected chi connectivity index (χ2v) is 17.7. The van der Waals surface area contributed by atoms with E-state index in [1.165, 1.54) is 60.8 Å². The number of benzene rings is 3. The van der Waals surface area contributed by atoms with Crippen LogP contribution >= 0.6 is 0 Å². The van der Waals surface area contributed by atoms with E-state index >= 15 is 0 Å². The van der Waals surface area contributed by atoms with E-state index in [9.17, 15) is 14.4 Å². The van der Waals surface area contributed by atoms with Crippen LogP contribution in [0.1, 0.15) is 87.1 Å². The van der Waals surface area contributed by atoms with Gasteiger partial charge in [0.2, 0.25) is 0 Å². The van der Waals surface area contributed by atoms with Crippen molar-refractivity contribution >= 4 is 58.0 Å². The van der Waals surface area contributed by atoms with Gasteiger partial charge in [-0.2, -0.15) is 15.3 Å². The summed E-state index contributed by atoms with van der Waals surface area (Å²) in [5.41, 5.74) is 23.2. The minimum absolute atomic E-state index is 0.0716. The number of carbonyl (C=O) groups is 3. The molecule has 0 saturated heterocycles. The molecule has 8 aliphatic rings. The highest BCUT2D eigenvalue weighted by Crippen LogP contribution is 2.42. The molecule has 2 saturated carbocycles. The maximum atomic E-state index is 11.9. The van der Waals surface area contributed by atoms with Crippen molar-refractivity contribution in [1.29, 1.82) is 0 Å². The van der Waals surface area contributed by atoms with Crippen LogP contribution in [-0.2, 0) is 27.2 Å². The van der Waals surface area contributed by atoms with Crippen LogP contribution in [0.2, 0.25) is 0 Å². The number of nitrogens with one attached hydrogen (secondary N) is 3. The van der Waals surface area contributed by atoms with Crippen molar-refractivity contribution < 1.29 is 28.6 Å². The third-order valence-corrected chi connectivity index (χ3v) is 13.5. The lowest BCUT2D eigenvalue weighted by Crippen LogP contribution is -2.55. The van der Waals surface area contributed by atoms with E-state index in [2.05, 4.69) is 69.7 Å². The van der Waals surface area contributed by atoms with E-state index in [-0.39, 0.29) is 35.8 Å². The first-order valence-electron chi connectivity index (χ1n) is 21.9. The van der Waals surface area contributed by atoms with Crippen molar-refractivity contribution in [2.45, 2.75) is 111 Å². The molecule has 3 amide bonds. The van der Waals surface area contributed by atoms with Gasteiger partial charge in [0.05, 0.1) is 17.1 Å². The molecule has 2 aliphatic carbocycles. The van der Waals surface area contributed by atoms with Gasteiger partial charge in [0.1, 0.15) is 55.2 Å². The number of ether oxygens (including phenoxy) is 3. The Hall–Kier alpha value is -6.32. The fourth-order valence-corrected chi connectivity index (χ4v) is 9.08. The molecule has 5 N–H and O–H groups in total. The van der Waals surface area contributed by atoms with Gasteiger partial charge in [-0.05, 0) is 130 Å². The van der Waals surface area contributed by atoms with Crippen LogP contribution in [0.4, 0.5) is 22.7 Å². The Balaban J connectivity index is 0.000000119. The maximum Gasteiger partial charge on any atom is 0.262 e. The molecule has 6 aliphatic heterocycles. The Morgan fingerprint density at radius 3 is 1.23 bits per heavy atom. The van der Waals surface area contributed by atoms with Crippen LogP contribution in [0, 0.1) is 32.6 Å². The fraction of sp³-hybridized carbons (Fsp3) is 0.478. The number of aryl methyl sites for hydroxylation is 3. The summed E-state index contributed by atoms with van der Waals surface area (Å²) in [6.45, 7) is 13.0. The molecule has 2 fully saturated rings. The molecule has 1 unspecified atom stereocenters. The third kappa shape index (κ3) is 7.64. The minimum Gasteiger partial charge on any atom is -0.483 e. The quantitative estimate of drug-likeness (QED) is 0.250. The monoisotopic (exact) mass is 844 g/mol. The van der Waals surface area contributed by atoms with Gasteiger partial charge in [0.15, 0.2) is 17.5 Å². The van der Waals surface area contributed by atoms with E-state index in [1.54, 1.807) is 0 Å². The second-order valence-electron chi connectivity index (χ2n) is 17.7. The number of anilines is 4. The highest BCUT2D eigenvalue weighted by atomic mass is 16.5. The molecule has 3 atom stereocenters. The van der Waals surface area contributed by atoms with Crippen molar-refractivity contribution in [3.8, 4) is 17.2 Å². The Kier molecular flexibility index (Phi) is 10.9. The second kappa shape index (κ2) is 16.5. The average Bonchev–Trinajstić information content (AvgIpc) is 3.22. The molecule has 16 nitrogen and oxygen atoms in total. The Labute approximate surface area is 361 Å². The number of amides is 3. The molecule has 0 radical (unpaired) electrons. The van der Waals surface area contributed by atoms with Crippen molar-refractivity contribution in [2.75, 3.05) is 40.3 Å². The number of nitrogens with zero attached hydrogens (tertiary/aromatic N) is 6. The number of hydrogen-bond donors (Lipinski definition) is 4. The maximum absolute atomic E-state index is 11.9. The van der Waals surface area contributed by atoms with Crippen LogP contribution in [0.15, 0.2) is 51.7 Å². The topological polar surface area (TPSA) is 188 Å². The standard InChI is InChI=1S/2C17H21N3O2.C12H14N4O2/c2*1-10-6-15-14(8-13(10)7-12-4-3-5-12)20-11(2)17(21)19-18-16(20)9-22-15;1-6-3-10-9(4-8(6)13)16-7(2)12(17)15-14-11(16)5-18-10/h2*6,8,11-12H,3-5,7,9H2,1-2H3,(H,19,21);3-4,7H,5,13H2,1-2H3,(H,15,17)/t2*11-;/m10./s1. The number of fused-ring (bicyclic) bond motifs is 9. The zero-order chi connectivity index (χ0) is 43.4. The summed E-state index contributed by atoms with van der Waals surface area (Å²) in [5, 5.41) is 12.3. The lowest BCUT2D eigenvalue weighted by molar-refractivity contribution is -0.123. The fourth-order valence-electron chi connectivity index (χ4n) is 9.08. The van der Waals surface area contributed by atoms with Crippen LogP contribution in [0.3, 0.4) is 0 Å². The van der Waals surface area contributed by atoms with E-state index in [4.69, 9.17) is 19.9 Å². The average molecular weight is 845 g/mol. The number of amidine groups is 3. The van der Waals surface area contributed by atoms with Crippen molar-refractivity contribution in [2.24, 2.45) is 27.1 Å². The van der Waals surface area contributed by atoms with E-state index in [0.717, 1.165) is 76.2 Å². The molecule has 62 heavy (non-hydrogen) atoms. The normalized spacial score (nSPS) is 23.1. The predicted molar refractivity (Wildman–Crippen MR) is 239 cm³/mol. The first kappa shape index (κ1) is 41.1. The summed E-state index contributed by atoms with van der Waals surface area (Å²) >= 11 is 0. The molecule has 0 spiro atoms. The smallest absolute Gasteiger partial charge is 0.262 e. The van der Waals surface area contributed by atoms with Gasteiger partial charge in [-0.25, -0.2) is 16.3 Å². The SMILES string of the molecule is Cc1cc2c(cc1CC1CCC1)N1C(=NNC(=O)[C@@H]1C)CO2.Cc1cc2c(cc1CC1CCC1)N1C(=NNC(=O)[C@H]1C)CO2.Cc1cc2c(cc1N)N1C(=NNC(=O)C1C)CO2. The number of rotatable bonds is 4. The van der Waals surface area contributed by atoms with Crippen molar-refractivity contribution in [3.05, 3.63) is 64.2 Å². The third-order valence-electron chi connectivity index (χ3n) is 13.5. The number of hydrogen-bond acceptors (Lipinski definition) is 13. The van der Waals surface area contributed by atoms with Crippen LogP contribution in [0.25, 0.3) is 0 Å². The largest absolute Gasteiger partial charge is 0.483 e. The van der Waals surface area contributed by atoms with Gasteiger partial charge in [-0.3, -0.25) is 14.4 Å². The molecule has 326 valence electrons. The van der Waals surface area contributed by atoms with Gasteiger partial charge in [0, 0.05) is 5.69 Å². The lowest BCUT2D eigenvalue weighted by atomic mass is 9.80. The summed E-state index contributed by atoms with van der Waals surface area (Å²) in [4.78, 5) is 41.5. The van der Waals surface area contributed by atoms with E-state index in [1.807, 2.05) is 54.5 Å². The van der Waals surface area contributed by atoms with Crippen LogP contribution < -0.4 is 50.9 Å². The minimum atomic E-state index is -0.317. The van der Waals surface area contributed by atoms with Crippen LogP contribution in [0.5, 0.6) is 17.2 Å². The number of carbonyl (C=O) groups excluding carboxylic acids is 3. The first-order chi connectivity index (χ1) is 29.8. The summed E-state index contributed by atoms with van der Waals surface area (Å²) in [6.07, 6.45) is 10.3. The zero-order valence-corrected chi connectivity index (χ0v) is 36.3. The number of nitrogens with two attached hydrogens (primary N) is 1. The Morgan fingerprint density at radius 2 is 0.887 bits per heavy atom. The zero-order valence-electron chi connectivity index (χ0n) is 36.3. The molecule has 3 aromatic rings.